The molecule has 4 atom stereocenters. The lowest BCUT2D eigenvalue weighted by atomic mass is 10.0. The molecule has 0 aromatic carbocycles. The summed E-state index contributed by atoms with van der Waals surface area (Å²) in [4.78, 5) is 61.3. The molecule has 0 bridgehead atoms. The van der Waals surface area contributed by atoms with Gasteiger partial charge in [-0.15, -0.1) is 0 Å². The molecule has 1 aliphatic heterocycles. The number of hydrogen-bond donors (Lipinski definition) is 6. The van der Waals surface area contributed by atoms with Crippen LogP contribution in [0, 0.1) is 5.92 Å². The van der Waals surface area contributed by atoms with Gasteiger partial charge in [-0.1, -0.05) is 13.8 Å². The zero-order valence-corrected chi connectivity index (χ0v) is 17.4. The maximum atomic E-state index is 12.8. The van der Waals surface area contributed by atoms with E-state index in [1.807, 2.05) is 0 Å². The molecule has 11 nitrogen and oxygen atoms in total. The fourth-order valence-electron chi connectivity index (χ4n) is 2.93. The fourth-order valence-corrected chi connectivity index (χ4v) is 3.18. The Hall–Kier alpha value is -2.34. The van der Waals surface area contributed by atoms with Crippen LogP contribution in [-0.4, -0.2) is 76.1 Å². The van der Waals surface area contributed by atoms with Crippen molar-refractivity contribution in [1.29, 1.82) is 0 Å². The predicted octanol–water partition coefficient (Wildman–Crippen LogP) is -2.18. The molecule has 0 aromatic heterocycles. The van der Waals surface area contributed by atoms with Crippen LogP contribution in [0.2, 0.25) is 0 Å². The van der Waals surface area contributed by atoms with Gasteiger partial charge in [0.25, 0.3) is 0 Å². The molecule has 164 valence electrons. The van der Waals surface area contributed by atoms with Crippen molar-refractivity contribution < 1.29 is 29.1 Å². The number of primary amides is 1. The maximum Gasteiger partial charge on any atom is 0.326 e. The van der Waals surface area contributed by atoms with Gasteiger partial charge in [0.15, 0.2) is 0 Å². The van der Waals surface area contributed by atoms with Crippen LogP contribution in [0.5, 0.6) is 0 Å². The molecule has 0 aromatic rings. The SMILES string of the molecule is CC(C)C(N)C(=O)NC(CS)C(=O)NC(CC(N)=O)C(=O)N1CCCC1C(=O)O. The number of carboxylic acids is 1. The van der Waals surface area contributed by atoms with Crippen molar-refractivity contribution in [3.8, 4) is 0 Å². The van der Waals surface area contributed by atoms with Crippen LogP contribution in [0.15, 0.2) is 0 Å². The number of nitrogens with two attached hydrogens (primary N) is 2. The monoisotopic (exact) mass is 431 g/mol. The van der Waals surface area contributed by atoms with E-state index in [2.05, 4.69) is 23.3 Å². The Morgan fingerprint density at radius 2 is 1.72 bits per heavy atom. The van der Waals surface area contributed by atoms with Gasteiger partial charge in [-0.05, 0) is 18.8 Å². The summed E-state index contributed by atoms with van der Waals surface area (Å²) in [5, 5.41) is 14.1. The van der Waals surface area contributed by atoms with Crippen LogP contribution in [-0.2, 0) is 24.0 Å². The summed E-state index contributed by atoms with van der Waals surface area (Å²) in [5.74, 6) is -4.28. The van der Waals surface area contributed by atoms with Crippen molar-refractivity contribution in [2.24, 2.45) is 17.4 Å². The van der Waals surface area contributed by atoms with Crippen molar-refractivity contribution in [3.63, 3.8) is 0 Å². The third kappa shape index (κ3) is 6.89. The minimum Gasteiger partial charge on any atom is -0.480 e. The minimum absolute atomic E-state index is 0.0820. The number of rotatable bonds is 10. The second kappa shape index (κ2) is 11.0. The summed E-state index contributed by atoms with van der Waals surface area (Å²) >= 11 is 4.04. The zero-order chi connectivity index (χ0) is 22.3. The van der Waals surface area contributed by atoms with Gasteiger partial charge in [-0.2, -0.15) is 12.6 Å². The predicted molar refractivity (Wildman–Crippen MR) is 107 cm³/mol. The first-order valence-electron chi connectivity index (χ1n) is 9.28. The van der Waals surface area contributed by atoms with Crippen molar-refractivity contribution in [1.82, 2.24) is 15.5 Å². The largest absolute Gasteiger partial charge is 0.480 e. The highest BCUT2D eigenvalue weighted by Gasteiger charge is 2.38. The summed E-state index contributed by atoms with van der Waals surface area (Å²) in [7, 11) is 0. The molecule has 0 aliphatic carbocycles. The summed E-state index contributed by atoms with van der Waals surface area (Å²) < 4.78 is 0. The van der Waals surface area contributed by atoms with Crippen LogP contribution >= 0.6 is 12.6 Å². The van der Waals surface area contributed by atoms with E-state index in [1.165, 1.54) is 0 Å². The van der Waals surface area contributed by atoms with Gasteiger partial charge in [-0.3, -0.25) is 19.2 Å². The van der Waals surface area contributed by atoms with E-state index in [0.717, 1.165) is 4.90 Å². The molecule has 7 N–H and O–H groups in total. The standard InChI is InChI=1S/C17H29N5O6S/c1-8(2)13(19)15(25)21-10(7-29)14(24)20-9(6-12(18)23)16(26)22-5-3-4-11(22)17(27)28/h8-11,13,29H,3-7,19H2,1-2H3,(H2,18,23)(H,20,24)(H,21,25)(H,27,28). The van der Waals surface area contributed by atoms with Gasteiger partial charge in [0.1, 0.15) is 18.1 Å². The van der Waals surface area contributed by atoms with Crippen LogP contribution in [0.3, 0.4) is 0 Å². The summed E-state index contributed by atoms with van der Waals surface area (Å²) in [6, 6.07) is -4.32. The third-order valence-electron chi connectivity index (χ3n) is 4.68. The Labute approximate surface area is 174 Å². The van der Waals surface area contributed by atoms with Crippen molar-refractivity contribution >= 4 is 42.2 Å². The Bertz CT molecular complexity index is 658. The van der Waals surface area contributed by atoms with Crippen molar-refractivity contribution in [2.45, 2.75) is 57.3 Å². The second-order valence-corrected chi connectivity index (χ2v) is 7.64. The number of carbonyl (C=O) groups is 5. The molecule has 1 fully saturated rings. The van der Waals surface area contributed by atoms with Crippen molar-refractivity contribution in [2.75, 3.05) is 12.3 Å². The molecule has 1 heterocycles. The number of hydrogen-bond acceptors (Lipinski definition) is 7. The second-order valence-electron chi connectivity index (χ2n) is 7.27. The molecule has 12 heteroatoms. The molecule has 1 aliphatic rings. The number of aliphatic carboxylic acids is 1. The minimum atomic E-state index is -1.35. The molecular formula is C17H29N5O6S. The van der Waals surface area contributed by atoms with Crippen LogP contribution in [0.4, 0.5) is 0 Å². The number of nitrogens with one attached hydrogen (secondary N) is 2. The molecule has 29 heavy (non-hydrogen) atoms. The van der Waals surface area contributed by atoms with E-state index in [-0.39, 0.29) is 24.6 Å². The third-order valence-corrected chi connectivity index (χ3v) is 5.04. The molecule has 1 saturated heterocycles. The molecule has 4 amide bonds. The number of thiol groups is 1. The highest BCUT2D eigenvalue weighted by molar-refractivity contribution is 7.80. The van der Waals surface area contributed by atoms with Crippen LogP contribution in [0.25, 0.3) is 0 Å². The molecule has 4 unspecified atom stereocenters. The van der Waals surface area contributed by atoms with Crippen LogP contribution < -0.4 is 22.1 Å². The number of carboxylic acid groups (broad SMARTS) is 1. The first-order chi connectivity index (χ1) is 13.5. The number of amides is 4. The Morgan fingerprint density at radius 3 is 2.21 bits per heavy atom. The maximum absolute atomic E-state index is 12.8. The summed E-state index contributed by atoms with van der Waals surface area (Å²) in [5.41, 5.74) is 10.9. The molecule has 0 radical (unpaired) electrons. The molecule has 0 spiro atoms. The van der Waals surface area contributed by atoms with E-state index in [4.69, 9.17) is 11.5 Å². The average molecular weight is 432 g/mol. The van der Waals surface area contributed by atoms with Crippen molar-refractivity contribution in [3.05, 3.63) is 0 Å². The quantitative estimate of drug-likeness (QED) is 0.212. The van der Waals surface area contributed by atoms with Crippen LogP contribution in [0.1, 0.15) is 33.1 Å². The van der Waals surface area contributed by atoms with E-state index in [0.29, 0.717) is 6.42 Å². The van der Waals surface area contributed by atoms with Gasteiger partial charge in [-0.25, -0.2) is 4.79 Å². The van der Waals surface area contributed by atoms with E-state index >= 15 is 0 Å². The summed E-state index contributed by atoms with van der Waals surface area (Å²) in [6.07, 6.45) is 0.259. The lowest BCUT2D eigenvalue weighted by Crippen LogP contribution is -2.58. The molecule has 0 saturated carbocycles. The Kier molecular flexibility index (Phi) is 9.37. The summed E-state index contributed by atoms with van der Waals surface area (Å²) in [6.45, 7) is 3.68. The van der Waals surface area contributed by atoms with E-state index in [9.17, 15) is 29.1 Å². The number of likely N-dealkylation sites (tertiary alicyclic amines) is 1. The van der Waals surface area contributed by atoms with Gasteiger partial charge >= 0.3 is 5.97 Å². The van der Waals surface area contributed by atoms with Gasteiger partial charge in [0.2, 0.25) is 23.6 Å². The van der Waals surface area contributed by atoms with Gasteiger partial charge < -0.3 is 32.1 Å². The lowest BCUT2D eigenvalue weighted by Gasteiger charge is -2.28. The lowest BCUT2D eigenvalue weighted by molar-refractivity contribution is -0.149. The van der Waals surface area contributed by atoms with E-state index in [1.54, 1.807) is 13.8 Å². The highest BCUT2D eigenvalue weighted by Crippen LogP contribution is 2.19. The normalized spacial score (nSPS) is 19.3. The highest BCUT2D eigenvalue weighted by atomic mass is 32.1. The van der Waals surface area contributed by atoms with E-state index < -0.39 is 60.2 Å². The fraction of sp³-hybridized carbons (Fsp3) is 0.706. The first-order valence-corrected chi connectivity index (χ1v) is 9.91. The zero-order valence-electron chi connectivity index (χ0n) is 16.5. The van der Waals surface area contributed by atoms with Gasteiger partial charge in [0, 0.05) is 12.3 Å². The smallest absolute Gasteiger partial charge is 0.326 e. The molecule has 1 rings (SSSR count). The van der Waals surface area contributed by atoms with Gasteiger partial charge in [0.05, 0.1) is 12.5 Å². The number of carbonyl (C=O) groups excluding carboxylic acids is 4. The molecular weight excluding hydrogens is 402 g/mol. The number of nitrogens with zero attached hydrogens (tertiary/aromatic N) is 1. The topological polar surface area (TPSA) is 185 Å². The Morgan fingerprint density at radius 1 is 1.14 bits per heavy atom. The average Bonchev–Trinajstić information content (AvgIpc) is 3.13. The Balaban J connectivity index is 2.91. The first kappa shape index (κ1) is 24.7.